The first-order valence-corrected chi connectivity index (χ1v) is 9.32. The molecule has 148 valence electrons. The topological polar surface area (TPSA) is 98.9 Å². The number of aryl methyl sites for hydroxylation is 1. The molecule has 3 rings (SSSR count). The number of aliphatic hydroxyl groups excluding tert-OH is 2. The molecule has 0 bridgehead atoms. The summed E-state index contributed by atoms with van der Waals surface area (Å²) in [5, 5.41) is 24.9. The van der Waals surface area contributed by atoms with Gasteiger partial charge in [-0.15, -0.1) is 0 Å². The molecule has 8 nitrogen and oxygen atoms in total. The number of likely N-dealkylation sites (N-methyl/N-ethyl adjacent to an activating group) is 1. The van der Waals surface area contributed by atoms with Gasteiger partial charge in [0.25, 0.3) is 0 Å². The molecule has 2 aliphatic rings. The van der Waals surface area contributed by atoms with Gasteiger partial charge in [-0.3, -0.25) is 14.3 Å². The summed E-state index contributed by atoms with van der Waals surface area (Å²) < 4.78 is 1.65. The molecule has 1 aromatic rings. The minimum atomic E-state index is -1.05. The molecule has 1 aromatic heterocycles. The number of hydrogen-bond donors (Lipinski definition) is 2. The number of aliphatic hydroxyl groups is 2. The molecule has 2 amide bonds. The van der Waals surface area contributed by atoms with Crippen LogP contribution in [0.15, 0.2) is 18.5 Å². The van der Waals surface area contributed by atoms with E-state index in [0.29, 0.717) is 19.3 Å². The lowest BCUT2D eigenvalue weighted by Crippen LogP contribution is -2.60. The van der Waals surface area contributed by atoms with Crippen LogP contribution in [0, 0.1) is 0 Å². The first-order valence-electron chi connectivity index (χ1n) is 9.32. The third-order valence-electron chi connectivity index (χ3n) is 5.98. The van der Waals surface area contributed by atoms with E-state index in [4.69, 9.17) is 0 Å². The van der Waals surface area contributed by atoms with Crippen LogP contribution in [0.3, 0.4) is 0 Å². The Balaban J connectivity index is 1.92. The molecule has 2 fully saturated rings. The molecule has 0 radical (unpaired) electrons. The lowest BCUT2D eigenvalue weighted by molar-refractivity contribution is -0.140. The van der Waals surface area contributed by atoms with Crippen molar-refractivity contribution in [3.05, 3.63) is 24.0 Å². The molecule has 0 saturated carbocycles. The van der Waals surface area contributed by atoms with Crippen LogP contribution in [-0.2, 0) is 16.6 Å². The van der Waals surface area contributed by atoms with E-state index in [2.05, 4.69) is 5.10 Å². The molecular formula is C19H28N4O4. The van der Waals surface area contributed by atoms with Gasteiger partial charge in [-0.1, -0.05) is 0 Å². The monoisotopic (exact) mass is 376 g/mol. The van der Waals surface area contributed by atoms with E-state index >= 15 is 0 Å². The highest BCUT2D eigenvalue weighted by Crippen LogP contribution is 2.37. The maximum Gasteiger partial charge on any atom is 0.246 e. The molecule has 8 heteroatoms. The second-order valence-corrected chi connectivity index (χ2v) is 7.83. The summed E-state index contributed by atoms with van der Waals surface area (Å²) in [4.78, 5) is 28.7. The van der Waals surface area contributed by atoms with Gasteiger partial charge in [-0.05, 0) is 25.8 Å². The Hall–Kier alpha value is -2.19. The molecule has 0 aliphatic carbocycles. The van der Waals surface area contributed by atoms with Gasteiger partial charge in [0.15, 0.2) is 0 Å². The van der Waals surface area contributed by atoms with Gasteiger partial charge in [-0.25, -0.2) is 0 Å². The maximum atomic E-state index is 13.0. The third kappa shape index (κ3) is 3.77. The van der Waals surface area contributed by atoms with Crippen molar-refractivity contribution < 1.29 is 19.8 Å². The van der Waals surface area contributed by atoms with Crippen LogP contribution in [0.4, 0.5) is 0 Å². The zero-order valence-corrected chi connectivity index (χ0v) is 16.1. The second-order valence-electron chi connectivity index (χ2n) is 7.83. The summed E-state index contributed by atoms with van der Waals surface area (Å²) in [6, 6.07) is -0.271. The first kappa shape index (κ1) is 19.6. The van der Waals surface area contributed by atoms with E-state index < -0.39 is 17.7 Å². The Bertz CT molecular complexity index is 746. The molecule has 2 aliphatic heterocycles. The fraction of sp³-hybridized carbons (Fsp3) is 0.632. The summed E-state index contributed by atoms with van der Waals surface area (Å²) in [5.74, 6) is -0.243. The van der Waals surface area contributed by atoms with E-state index in [9.17, 15) is 19.8 Å². The number of aromatic nitrogens is 2. The van der Waals surface area contributed by atoms with Crippen molar-refractivity contribution in [2.75, 3.05) is 13.6 Å². The standard InChI is InChI=1S/C19H28N4O4/c1-19-9-14(24)15(25)12-23(16(19)5-4-6-17(26)22(19)3)18(27)8-7-13-10-20-21(2)11-13/h7-8,10-11,14-16,24-25H,4-6,9,12H2,1-3H3/b8-7+/t14-,15+,16-,19+/m1/s1. The number of amides is 2. The molecule has 4 atom stereocenters. The summed E-state index contributed by atoms with van der Waals surface area (Å²) in [7, 11) is 3.52. The van der Waals surface area contributed by atoms with E-state index in [1.807, 2.05) is 6.92 Å². The van der Waals surface area contributed by atoms with E-state index in [1.165, 1.54) is 6.08 Å². The molecule has 27 heavy (non-hydrogen) atoms. The van der Waals surface area contributed by atoms with Crippen LogP contribution < -0.4 is 0 Å². The van der Waals surface area contributed by atoms with Gasteiger partial charge in [-0.2, -0.15) is 5.10 Å². The number of nitrogens with zero attached hydrogens (tertiary/aromatic N) is 4. The van der Waals surface area contributed by atoms with E-state index in [1.54, 1.807) is 47.0 Å². The lowest BCUT2D eigenvalue weighted by Gasteiger charge is -2.46. The Morgan fingerprint density at radius 2 is 2.07 bits per heavy atom. The summed E-state index contributed by atoms with van der Waals surface area (Å²) in [6.07, 6.45) is 6.55. The number of β-amino-alcohol motifs (C(OH)–C–C–N with tert-alkyl or cyclic N) is 1. The smallest absolute Gasteiger partial charge is 0.246 e. The fourth-order valence-electron chi connectivity index (χ4n) is 4.24. The highest BCUT2D eigenvalue weighted by molar-refractivity contribution is 5.92. The van der Waals surface area contributed by atoms with Gasteiger partial charge < -0.3 is 20.0 Å². The lowest BCUT2D eigenvalue weighted by atomic mass is 9.83. The predicted molar refractivity (Wildman–Crippen MR) is 99.4 cm³/mol. The molecule has 2 saturated heterocycles. The molecular weight excluding hydrogens is 348 g/mol. The number of rotatable bonds is 2. The zero-order valence-electron chi connectivity index (χ0n) is 16.1. The minimum absolute atomic E-state index is 0.00175. The minimum Gasteiger partial charge on any atom is -0.390 e. The number of fused-ring (bicyclic) bond motifs is 1. The van der Waals surface area contributed by atoms with Crippen LogP contribution in [0.2, 0.25) is 0 Å². The maximum absolute atomic E-state index is 13.0. The Kier molecular flexibility index (Phi) is 5.39. The predicted octanol–water partition coefficient (Wildman–Crippen LogP) is 0.157. The third-order valence-corrected chi connectivity index (χ3v) is 5.98. The van der Waals surface area contributed by atoms with Crippen molar-refractivity contribution in [3.8, 4) is 0 Å². The fourth-order valence-corrected chi connectivity index (χ4v) is 4.24. The summed E-state index contributed by atoms with van der Waals surface area (Å²) in [5.41, 5.74) is 0.0691. The summed E-state index contributed by atoms with van der Waals surface area (Å²) >= 11 is 0. The number of hydrogen-bond acceptors (Lipinski definition) is 5. The highest BCUT2D eigenvalue weighted by Gasteiger charge is 2.50. The van der Waals surface area contributed by atoms with Crippen LogP contribution in [0.1, 0.15) is 38.2 Å². The Morgan fingerprint density at radius 1 is 1.33 bits per heavy atom. The van der Waals surface area contributed by atoms with Gasteiger partial charge in [0, 0.05) is 51.3 Å². The summed E-state index contributed by atoms with van der Waals surface area (Å²) in [6.45, 7) is 1.94. The second kappa shape index (κ2) is 7.44. The molecule has 0 aromatic carbocycles. The quantitative estimate of drug-likeness (QED) is 0.717. The van der Waals surface area contributed by atoms with E-state index in [-0.39, 0.29) is 30.8 Å². The average Bonchev–Trinajstić information content (AvgIpc) is 2.97. The van der Waals surface area contributed by atoms with Crippen LogP contribution in [-0.4, -0.2) is 79.0 Å². The van der Waals surface area contributed by atoms with Gasteiger partial charge in [0.2, 0.25) is 11.8 Å². The molecule has 0 spiro atoms. The Labute approximate surface area is 159 Å². The van der Waals surface area contributed by atoms with Crippen molar-refractivity contribution >= 4 is 17.9 Å². The van der Waals surface area contributed by atoms with Crippen molar-refractivity contribution in [3.63, 3.8) is 0 Å². The van der Waals surface area contributed by atoms with Gasteiger partial charge in [0.05, 0.1) is 30.0 Å². The number of carbonyl (C=O) groups is 2. The van der Waals surface area contributed by atoms with Crippen LogP contribution in [0.5, 0.6) is 0 Å². The number of likely N-dealkylation sites (tertiary alicyclic amines) is 2. The van der Waals surface area contributed by atoms with Crippen molar-refractivity contribution in [1.29, 1.82) is 0 Å². The SMILES string of the molecule is CN1C(=O)CCC[C@H]2N(C(=O)/C=C/c3cnn(C)c3)C[C@H](O)[C@H](O)C[C@@]21C. The zero-order chi connectivity index (χ0) is 19.8. The largest absolute Gasteiger partial charge is 0.390 e. The Morgan fingerprint density at radius 3 is 2.74 bits per heavy atom. The average molecular weight is 376 g/mol. The highest BCUT2D eigenvalue weighted by atomic mass is 16.3. The molecule has 2 N–H and O–H groups in total. The van der Waals surface area contributed by atoms with Gasteiger partial charge >= 0.3 is 0 Å². The number of carbonyl (C=O) groups excluding carboxylic acids is 2. The molecule has 3 heterocycles. The normalized spacial score (nSPS) is 32.3. The van der Waals surface area contributed by atoms with Crippen molar-refractivity contribution in [2.24, 2.45) is 7.05 Å². The van der Waals surface area contributed by atoms with Crippen LogP contribution in [0.25, 0.3) is 6.08 Å². The first-order chi connectivity index (χ1) is 12.7. The molecule has 0 unspecified atom stereocenters. The van der Waals surface area contributed by atoms with Crippen LogP contribution >= 0.6 is 0 Å². The van der Waals surface area contributed by atoms with Crippen molar-refractivity contribution in [1.82, 2.24) is 19.6 Å². The van der Waals surface area contributed by atoms with Crippen molar-refractivity contribution in [2.45, 2.75) is 56.4 Å². The van der Waals surface area contributed by atoms with Gasteiger partial charge in [0.1, 0.15) is 0 Å². The van der Waals surface area contributed by atoms with E-state index in [0.717, 1.165) is 5.56 Å².